The largest absolute Gasteiger partial charge is 0.325 e. The van der Waals surface area contributed by atoms with Gasteiger partial charge in [-0.3, -0.25) is 9.67 Å². The highest BCUT2D eigenvalue weighted by molar-refractivity contribution is 5.60. The summed E-state index contributed by atoms with van der Waals surface area (Å²) < 4.78 is 1.89. The molecule has 0 saturated heterocycles. The van der Waals surface area contributed by atoms with E-state index >= 15 is 0 Å². The van der Waals surface area contributed by atoms with Gasteiger partial charge in [0.15, 0.2) is 0 Å². The highest BCUT2D eigenvalue weighted by Crippen LogP contribution is 2.26. The summed E-state index contributed by atoms with van der Waals surface area (Å²) in [4.78, 5) is 6.85. The van der Waals surface area contributed by atoms with E-state index in [4.69, 9.17) is 0 Å². The Labute approximate surface area is 127 Å². The normalized spacial score (nSPS) is 13.1. The average molecular weight is 287 g/mol. The van der Waals surface area contributed by atoms with Crippen LogP contribution < -0.4 is 10.2 Å². The third-order valence-electron chi connectivity index (χ3n) is 3.60. The molecule has 5 nitrogen and oxygen atoms in total. The molecule has 3 rings (SSSR count). The van der Waals surface area contributed by atoms with Gasteiger partial charge in [-0.2, -0.15) is 5.10 Å². The van der Waals surface area contributed by atoms with Crippen molar-refractivity contribution in [1.82, 2.24) is 20.1 Å². The molecule has 0 unspecified atom stereocenters. The molecule has 0 aliphatic carbocycles. The molecule has 3 heterocycles. The van der Waals surface area contributed by atoms with Crippen LogP contribution >= 0.6 is 0 Å². The van der Waals surface area contributed by atoms with Crippen molar-refractivity contribution < 1.29 is 0 Å². The molecule has 21 heavy (non-hydrogen) atoms. The number of rotatable bonds is 3. The molecule has 0 spiro atoms. The number of nitrogens with one attached hydrogen (secondary N) is 1. The summed E-state index contributed by atoms with van der Waals surface area (Å²) in [5.74, 6) is 1.09. The Kier molecular flexibility index (Phi) is 5.33. The van der Waals surface area contributed by atoms with Crippen molar-refractivity contribution in [3.05, 3.63) is 35.8 Å². The van der Waals surface area contributed by atoms with Gasteiger partial charge in [-0.05, 0) is 18.6 Å². The van der Waals surface area contributed by atoms with Crippen LogP contribution in [0.15, 0.2) is 24.5 Å². The number of fused-ring (bicyclic) bond motifs is 1. The molecule has 0 saturated carbocycles. The van der Waals surface area contributed by atoms with Crippen LogP contribution in [0.3, 0.4) is 0 Å². The fourth-order valence-electron chi connectivity index (χ4n) is 2.59. The van der Waals surface area contributed by atoms with Gasteiger partial charge >= 0.3 is 0 Å². The second-order valence-corrected chi connectivity index (χ2v) is 4.78. The molecule has 1 aliphatic heterocycles. The SMILES string of the molecule is CC.CCN(c1cnc2c(c1)CNCC2)c1ccnn1C. The quantitative estimate of drug-likeness (QED) is 0.942. The van der Waals surface area contributed by atoms with Gasteiger partial charge in [-0.15, -0.1) is 0 Å². The zero-order chi connectivity index (χ0) is 15.2. The minimum Gasteiger partial charge on any atom is -0.325 e. The highest BCUT2D eigenvalue weighted by atomic mass is 15.4. The van der Waals surface area contributed by atoms with Crippen molar-refractivity contribution in [3.8, 4) is 0 Å². The zero-order valence-corrected chi connectivity index (χ0v) is 13.4. The van der Waals surface area contributed by atoms with E-state index in [0.717, 1.165) is 37.6 Å². The Bertz CT molecular complexity index is 576. The second kappa shape index (κ2) is 7.22. The Morgan fingerprint density at radius 1 is 1.38 bits per heavy atom. The number of aromatic nitrogens is 3. The van der Waals surface area contributed by atoms with Gasteiger partial charge < -0.3 is 10.2 Å². The lowest BCUT2D eigenvalue weighted by Crippen LogP contribution is -2.26. The molecule has 1 aliphatic rings. The van der Waals surface area contributed by atoms with E-state index in [0.29, 0.717) is 0 Å². The van der Waals surface area contributed by atoms with Crippen LogP contribution in [0.5, 0.6) is 0 Å². The standard InChI is InChI=1S/C14H19N5.C2H6/c1-3-19(14-5-7-17-18(14)2)12-8-11-9-15-6-4-13(11)16-10-12;1-2/h5,7-8,10,15H,3-4,6,9H2,1-2H3;1-2H3. The van der Waals surface area contributed by atoms with E-state index < -0.39 is 0 Å². The lowest BCUT2D eigenvalue weighted by Gasteiger charge is -2.25. The van der Waals surface area contributed by atoms with Crippen molar-refractivity contribution in [2.24, 2.45) is 7.05 Å². The molecule has 0 radical (unpaired) electrons. The summed E-state index contributed by atoms with van der Waals surface area (Å²) in [7, 11) is 1.96. The van der Waals surface area contributed by atoms with Crippen molar-refractivity contribution in [1.29, 1.82) is 0 Å². The summed E-state index contributed by atoms with van der Waals surface area (Å²) in [6, 6.07) is 4.27. The van der Waals surface area contributed by atoms with Crippen LogP contribution in [0.25, 0.3) is 0 Å². The van der Waals surface area contributed by atoms with Crippen LogP contribution in [0.1, 0.15) is 32.0 Å². The van der Waals surface area contributed by atoms with Crippen LogP contribution in [0.2, 0.25) is 0 Å². The number of hydrogen-bond acceptors (Lipinski definition) is 4. The molecule has 0 bridgehead atoms. The van der Waals surface area contributed by atoms with E-state index in [1.807, 2.05) is 44.0 Å². The first-order valence-electron chi connectivity index (χ1n) is 7.73. The molecule has 5 heteroatoms. The highest BCUT2D eigenvalue weighted by Gasteiger charge is 2.15. The maximum atomic E-state index is 4.62. The van der Waals surface area contributed by atoms with Crippen molar-refractivity contribution in [3.63, 3.8) is 0 Å². The molecular weight excluding hydrogens is 262 g/mol. The number of pyridine rings is 1. The van der Waals surface area contributed by atoms with Gasteiger partial charge in [0.2, 0.25) is 0 Å². The van der Waals surface area contributed by atoms with Gasteiger partial charge in [0.05, 0.1) is 18.1 Å². The first-order chi connectivity index (χ1) is 10.3. The van der Waals surface area contributed by atoms with E-state index in [9.17, 15) is 0 Å². The van der Waals surface area contributed by atoms with Crippen LogP contribution in [0, 0.1) is 0 Å². The maximum absolute atomic E-state index is 4.62. The maximum Gasteiger partial charge on any atom is 0.130 e. The minimum atomic E-state index is 0.896. The average Bonchev–Trinajstić information content (AvgIpc) is 2.96. The Balaban J connectivity index is 0.000000774. The lowest BCUT2D eigenvalue weighted by molar-refractivity contribution is 0.630. The van der Waals surface area contributed by atoms with Gasteiger partial charge in [-0.1, -0.05) is 13.8 Å². The van der Waals surface area contributed by atoms with Crippen LogP contribution in [0.4, 0.5) is 11.5 Å². The fraction of sp³-hybridized carbons (Fsp3) is 0.500. The van der Waals surface area contributed by atoms with E-state index in [2.05, 4.69) is 33.3 Å². The second-order valence-electron chi connectivity index (χ2n) is 4.78. The molecule has 0 amide bonds. The van der Waals surface area contributed by atoms with E-state index in [-0.39, 0.29) is 0 Å². The molecule has 0 fully saturated rings. The molecule has 2 aromatic heterocycles. The summed E-state index contributed by atoms with van der Waals surface area (Å²) in [6.07, 6.45) is 4.82. The number of nitrogens with zero attached hydrogens (tertiary/aromatic N) is 4. The molecule has 0 aromatic carbocycles. The Morgan fingerprint density at radius 2 is 2.19 bits per heavy atom. The van der Waals surface area contributed by atoms with Gasteiger partial charge in [-0.25, -0.2) is 0 Å². The first kappa shape index (κ1) is 15.5. The summed E-state index contributed by atoms with van der Waals surface area (Å²) >= 11 is 0. The fourth-order valence-corrected chi connectivity index (χ4v) is 2.59. The minimum absolute atomic E-state index is 0.896. The summed E-state index contributed by atoms with van der Waals surface area (Å²) in [6.45, 7) is 8.98. The smallest absolute Gasteiger partial charge is 0.130 e. The summed E-state index contributed by atoms with van der Waals surface area (Å²) in [5, 5.41) is 7.64. The van der Waals surface area contributed by atoms with Gasteiger partial charge in [0.25, 0.3) is 0 Å². The van der Waals surface area contributed by atoms with Gasteiger partial charge in [0.1, 0.15) is 5.82 Å². The molecule has 0 atom stereocenters. The predicted molar refractivity (Wildman–Crippen MR) is 86.9 cm³/mol. The van der Waals surface area contributed by atoms with E-state index in [1.165, 1.54) is 11.3 Å². The topological polar surface area (TPSA) is 46.0 Å². The Morgan fingerprint density at radius 3 is 2.86 bits per heavy atom. The molecule has 2 aromatic rings. The molecule has 1 N–H and O–H groups in total. The van der Waals surface area contributed by atoms with E-state index in [1.54, 1.807) is 0 Å². The third-order valence-corrected chi connectivity index (χ3v) is 3.60. The van der Waals surface area contributed by atoms with Gasteiger partial charge in [0, 0.05) is 44.9 Å². The van der Waals surface area contributed by atoms with Crippen molar-refractivity contribution >= 4 is 11.5 Å². The first-order valence-corrected chi connectivity index (χ1v) is 7.73. The monoisotopic (exact) mass is 287 g/mol. The van der Waals surface area contributed by atoms with Crippen molar-refractivity contribution in [2.75, 3.05) is 18.0 Å². The van der Waals surface area contributed by atoms with Crippen LogP contribution in [-0.4, -0.2) is 27.9 Å². The molecular formula is C16H25N5. The number of anilines is 2. The predicted octanol–water partition coefficient (Wildman–Crippen LogP) is 2.65. The lowest BCUT2D eigenvalue weighted by atomic mass is 10.1. The zero-order valence-electron chi connectivity index (χ0n) is 13.4. The van der Waals surface area contributed by atoms with Crippen molar-refractivity contribution in [2.45, 2.75) is 33.7 Å². The number of aryl methyl sites for hydroxylation is 1. The molecule has 114 valence electrons. The Hall–Kier alpha value is -1.88. The van der Waals surface area contributed by atoms with Crippen LogP contribution in [-0.2, 0) is 20.0 Å². The summed E-state index contributed by atoms with van der Waals surface area (Å²) in [5.41, 5.74) is 3.67. The third kappa shape index (κ3) is 3.24. The number of hydrogen-bond donors (Lipinski definition) is 1.